The number of benzene rings is 1. The lowest BCUT2D eigenvalue weighted by Crippen LogP contribution is -2.21. The molecule has 1 heterocycles. The van der Waals surface area contributed by atoms with Gasteiger partial charge in [0.2, 0.25) is 10.0 Å². The van der Waals surface area contributed by atoms with E-state index < -0.39 is 10.0 Å². The fourth-order valence-corrected chi connectivity index (χ4v) is 4.34. The topological polar surface area (TPSA) is 75.3 Å². The molecule has 1 aromatic heterocycles. The molecule has 0 radical (unpaired) electrons. The van der Waals surface area contributed by atoms with Gasteiger partial charge in [-0.05, 0) is 49.1 Å². The van der Waals surface area contributed by atoms with Crippen LogP contribution in [0.15, 0.2) is 40.6 Å². The van der Waals surface area contributed by atoms with Gasteiger partial charge in [0.25, 0.3) is 5.91 Å². The van der Waals surface area contributed by atoms with E-state index in [1.54, 1.807) is 0 Å². The molecule has 1 saturated carbocycles. The molecule has 0 unspecified atom stereocenters. The van der Waals surface area contributed by atoms with Gasteiger partial charge in [-0.2, -0.15) is 0 Å². The Morgan fingerprint density at radius 2 is 1.87 bits per heavy atom. The van der Waals surface area contributed by atoms with Crippen molar-refractivity contribution in [3.63, 3.8) is 0 Å². The summed E-state index contributed by atoms with van der Waals surface area (Å²) in [7, 11) is -2.15. The summed E-state index contributed by atoms with van der Waals surface area (Å²) in [4.78, 5) is 12.5. The highest BCUT2D eigenvalue weighted by atomic mass is 32.2. The highest BCUT2D eigenvalue weighted by Crippen LogP contribution is 2.39. The van der Waals surface area contributed by atoms with E-state index in [0.717, 1.165) is 22.8 Å². The largest absolute Gasteiger partial charge is 0.347 e. The fraction of sp³-hybridized carbons (Fsp3) is 0.312. The molecule has 0 aliphatic heterocycles. The molecule has 1 aliphatic carbocycles. The van der Waals surface area contributed by atoms with Crippen molar-refractivity contribution in [1.29, 1.82) is 0 Å². The van der Waals surface area contributed by atoms with Crippen LogP contribution in [-0.4, -0.2) is 21.4 Å². The van der Waals surface area contributed by atoms with Crippen LogP contribution in [0.2, 0.25) is 0 Å². The zero-order valence-corrected chi connectivity index (χ0v) is 14.3. The quantitative estimate of drug-likeness (QED) is 0.840. The zero-order chi connectivity index (χ0) is 16.4. The zero-order valence-electron chi connectivity index (χ0n) is 12.7. The summed E-state index contributed by atoms with van der Waals surface area (Å²) in [5.74, 6) is 0.455. The van der Waals surface area contributed by atoms with Crippen LogP contribution in [0.5, 0.6) is 0 Å². The molecule has 23 heavy (non-hydrogen) atoms. The Kier molecular flexibility index (Phi) is 4.52. The van der Waals surface area contributed by atoms with Gasteiger partial charge < -0.3 is 5.32 Å². The van der Waals surface area contributed by atoms with Crippen LogP contribution in [-0.2, 0) is 16.6 Å². The Morgan fingerprint density at radius 3 is 2.48 bits per heavy atom. The molecule has 2 aromatic rings. The molecule has 1 fully saturated rings. The maximum absolute atomic E-state index is 12.1. The summed E-state index contributed by atoms with van der Waals surface area (Å²) in [5.41, 5.74) is 2.39. The second kappa shape index (κ2) is 6.43. The fourth-order valence-electron chi connectivity index (χ4n) is 2.28. The molecule has 1 aliphatic rings. The molecule has 3 rings (SSSR count). The van der Waals surface area contributed by atoms with Crippen LogP contribution < -0.4 is 10.0 Å². The monoisotopic (exact) mass is 350 g/mol. The van der Waals surface area contributed by atoms with Gasteiger partial charge in [-0.3, -0.25) is 4.79 Å². The first-order valence-corrected chi connectivity index (χ1v) is 9.70. The van der Waals surface area contributed by atoms with Gasteiger partial charge >= 0.3 is 0 Å². The SMILES string of the molecule is CNS(=O)(=O)c1ccc(C(=O)NCc2ccc(C3CC3)cc2)s1. The average Bonchev–Trinajstić information content (AvgIpc) is 3.28. The van der Waals surface area contributed by atoms with Crippen molar-refractivity contribution in [1.82, 2.24) is 10.0 Å². The van der Waals surface area contributed by atoms with Crippen molar-refractivity contribution in [2.75, 3.05) is 7.05 Å². The summed E-state index contributed by atoms with van der Waals surface area (Å²) in [6.07, 6.45) is 2.54. The van der Waals surface area contributed by atoms with Crippen molar-refractivity contribution >= 4 is 27.3 Å². The second-order valence-electron chi connectivity index (χ2n) is 5.52. The van der Waals surface area contributed by atoms with Crippen molar-refractivity contribution in [3.05, 3.63) is 52.4 Å². The second-order valence-corrected chi connectivity index (χ2v) is 8.72. The lowest BCUT2D eigenvalue weighted by molar-refractivity contribution is 0.0955. The number of amides is 1. The number of hydrogen-bond donors (Lipinski definition) is 2. The predicted octanol–water partition coefficient (Wildman–Crippen LogP) is 2.46. The Morgan fingerprint density at radius 1 is 1.17 bits per heavy atom. The van der Waals surface area contributed by atoms with Gasteiger partial charge in [0, 0.05) is 6.54 Å². The highest BCUT2D eigenvalue weighted by molar-refractivity contribution is 7.91. The first-order chi connectivity index (χ1) is 11.0. The minimum Gasteiger partial charge on any atom is -0.347 e. The molecule has 122 valence electrons. The summed E-state index contributed by atoms with van der Waals surface area (Å²) in [6, 6.07) is 11.2. The summed E-state index contributed by atoms with van der Waals surface area (Å²) in [6.45, 7) is 0.426. The standard InChI is InChI=1S/C16H18N2O3S2/c1-17-23(20,21)15-9-8-14(22-15)16(19)18-10-11-2-4-12(5-3-11)13-6-7-13/h2-5,8-9,13,17H,6-7,10H2,1H3,(H,18,19). The molecule has 0 atom stereocenters. The molecule has 0 spiro atoms. The molecular formula is C16H18N2O3S2. The van der Waals surface area contributed by atoms with Crippen LogP contribution in [0.4, 0.5) is 0 Å². The third-order valence-corrected chi connectivity index (χ3v) is 6.81. The van der Waals surface area contributed by atoms with Crippen molar-refractivity contribution in [3.8, 4) is 0 Å². The van der Waals surface area contributed by atoms with Crippen LogP contribution >= 0.6 is 11.3 Å². The molecule has 1 aromatic carbocycles. The van der Waals surface area contributed by atoms with Crippen LogP contribution in [0.25, 0.3) is 0 Å². The molecule has 0 bridgehead atoms. The molecule has 2 N–H and O–H groups in total. The summed E-state index contributed by atoms with van der Waals surface area (Å²) in [5, 5.41) is 2.82. The third-order valence-electron chi connectivity index (χ3n) is 3.82. The first-order valence-electron chi connectivity index (χ1n) is 7.40. The normalized spacial score (nSPS) is 14.7. The predicted molar refractivity (Wildman–Crippen MR) is 90.2 cm³/mol. The minimum atomic E-state index is -3.50. The van der Waals surface area contributed by atoms with Gasteiger partial charge in [-0.15, -0.1) is 11.3 Å². The summed E-state index contributed by atoms with van der Waals surface area (Å²) < 4.78 is 25.7. The minimum absolute atomic E-state index is 0.138. The lowest BCUT2D eigenvalue weighted by Gasteiger charge is -2.05. The molecule has 0 saturated heterocycles. The summed E-state index contributed by atoms with van der Waals surface area (Å²) >= 11 is 0.960. The number of nitrogens with one attached hydrogen (secondary N) is 2. The van der Waals surface area contributed by atoms with Gasteiger partial charge in [0.15, 0.2) is 0 Å². The van der Waals surface area contributed by atoms with Gasteiger partial charge in [-0.1, -0.05) is 24.3 Å². The van der Waals surface area contributed by atoms with Crippen molar-refractivity contribution in [2.24, 2.45) is 0 Å². The Bertz CT molecular complexity index is 806. The van der Waals surface area contributed by atoms with E-state index in [4.69, 9.17) is 0 Å². The van der Waals surface area contributed by atoms with E-state index in [1.165, 1.54) is 37.6 Å². The number of rotatable bonds is 6. The third kappa shape index (κ3) is 3.80. The van der Waals surface area contributed by atoms with E-state index in [9.17, 15) is 13.2 Å². The Balaban J connectivity index is 1.60. The maximum atomic E-state index is 12.1. The van der Waals surface area contributed by atoms with Gasteiger partial charge in [0.1, 0.15) is 4.21 Å². The number of carbonyl (C=O) groups excluding carboxylic acids is 1. The number of carbonyl (C=O) groups is 1. The highest BCUT2D eigenvalue weighted by Gasteiger charge is 2.23. The van der Waals surface area contributed by atoms with E-state index >= 15 is 0 Å². The lowest BCUT2D eigenvalue weighted by atomic mass is 10.1. The molecular weight excluding hydrogens is 332 g/mol. The van der Waals surface area contributed by atoms with Crippen molar-refractivity contribution < 1.29 is 13.2 Å². The van der Waals surface area contributed by atoms with E-state index in [1.807, 2.05) is 12.1 Å². The van der Waals surface area contributed by atoms with Crippen molar-refractivity contribution in [2.45, 2.75) is 29.5 Å². The van der Waals surface area contributed by atoms with Crippen LogP contribution in [0.3, 0.4) is 0 Å². The van der Waals surface area contributed by atoms with E-state index in [2.05, 4.69) is 22.2 Å². The number of sulfonamides is 1. The number of thiophene rings is 1. The molecule has 7 heteroatoms. The Hall–Kier alpha value is -1.70. The number of hydrogen-bond acceptors (Lipinski definition) is 4. The Labute approximate surface area is 139 Å². The van der Waals surface area contributed by atoms with E-state index in [0.29, 0.717) is 11.4 Å². The average molecular weight is 350 g/mol. The van der Waals surface area contributed by atoms with E-state index in [-0.39, 0.29) is 10.1 Å². The molecule has 5 nitrogen and oxygen atoms in total. The van der Waals surface area contributed by atoms with Gasteiger partial charge in [0.05, 0.1) is 4.88 Å². The van der Waals surface area contributed by atoms with Crippen LogP contribution in [0, 0.1) is 0 Å². The van der Waals surface area contributed by atoms with Crippen LogP contribution in [0.1, 0.15) is 39.6 Å². The molecule has 1 amide bonds. The maximum Gasteiger partial charge on any atom is 0.261 e. The smallest absolute Gasteiger partial charge is 0.261 e. The first kappa shape index (κ1) is 16.2. The van der Waals surface area contributed by atoms with Gasteiger partial charge in [-0.25, -0.2) is 13.1 Å².